The largest absolute Gasteiger partial charge is 0.497 e. The molecule has 1 aromatic heterocycles. The van der Waals surface area contributed by atoms with Gasteiger partial charge in [0.25, 0.3) is 5.69 Å². The summed E-state index contributed by atoms with van der Waals surface area (Å²) in [5, 5.41) is 22.4. The molecule has 0 aliphatic carbocycles. The molecule has 0 radical (unpaired) electrons. The number of likely N-dealkylation sites (tertiary alicyclic amines) is 1. The maximum absolute atomic E-state index is 10.9. The van der Waals surface area contributed by atoms with E-state index in [-0.39, 0.29) is 12.3 Å². The minimum Gasteiger partial charge on any atom is -0.497 e. The summed E-state index contributed by atoms with van der Waals surface area (Å²) in [6.45, 7) is 2.41. The zero-order valence-electron chi connectivity index (χ0n) is 17.5. The van der Waals surface area contributed by atoms with Crippen LogP contribution in [-0.2, 0) is 0 Å². The van der Waals surface area contributed by atoms with Gasteiger partial charge in [-0.2, -0.15) is 0 Å². The van der Waals surface area contributed by atoms with Crippen LogP contribution in [0.4, 0.5) is 5.69 Å². The summed E-state index contributed by atoms with van der Waals surface area (Å²) in [6.07, 6.45) is 3.48. The number of rotatable bonds is 8. The third-order valence-electron chi connectivity index (χ3n) is 5.89. The fourth-order valence-corrected chi connectivity index (χ4v) is 4.24. The maximum Gasteiger partial charge on any atom is 0.273 e. The lowest BCUT2D eigenvalue weighted by molar-refractivity contribution is -0.384. The Morgan fingerprint density at radius 1 is 1.23 bits per heavy atom. The fourth-order valence-electron chi connectivity index (χ4n) is 4.24. The maximum atomic E-state index is 10.9. The van der Waals surface area contributed by atoms with Gasteiger partial charge in [0.15, 0.2) is 0 Å². The first-order valence-electron chi connectivity index (χ1n) is 10.5. The molecule has 2 aromatic carbocycles. The highest BCUT2D eigenvalue weighted by Gasteiger charge is 2.24. The van der Waals surface area contributed by atoms with Crippen LogP contribution >= 0.6 is 0 Å². The molecule has 1 aliphatic heterocycles. The molecule has 1 atom stereocenters. The monoisotopic (exact) mass is 425 g/mol. The highest BCUT2D eigenvalue weighted by molar-refractivity contribution is 5.85. The molecule has 1 unspecified atom stereocenters. The van der Waals surface area contributed by atoms with Crippen molar-refractivity contribution in [1.29, 1.82) is 0 Å². The summed E-state index contributed by atoms with van der Waals surface area (Å²) >= 11 is 0. The Morgan fingerprint density at radius 2 is 2.03 bits per heavy atom. The molecule has 1 fully saturated rings. The Balaban J connectivity index is 1.28. The van der Waals surface area contributed by atoms with Crippen molar-refractivity contribution < 1.29 is 19.5 Å². The molecular weight excluding hydrogens is 398 g/mol. The van der Waals surface area contributed by atoms with Gasteiger partial charge in [0.05, 0.1) is 18.1 Å². The fraction of sp³-hybridized carbons (Fsp3) is 0.391. The zero-order chi connectivity index (χ0) is 21.8. The molecule has 2 heterocycles. The van der Waals surface area contributed by atoms with Crippen molar-refractivity contribution in [3.63, 3.8) is 0 Å². The van der Waals surface area contributed by atoms with Gasteiger partial charge < -0.3 is 24.5 Å². The number of H-pyrrole nitrogens is 1. The number of benzene rings is 2. The van der Waals surface area contributed by atoms with E-state index in [1.54, 1.807) is 19.2 Å². The van der Waals surface area contributed by atoms with Crippen LogP contribution in [0, 0.1) is 10.1 Å². The lowest BCUT2D eigenvalue weighted by Gasteiger charge is -2.33. The minimum atomic E-state index is -0.659. The topological polar surface area (TPSA) is 101 Å². The van der Waals surface area contributed by atoms with E-state index >= 15 is 0 Å². The van der Waals surface area contributed by atoms with Gasteiger partial charge in [0.1, 0.15) is 24.2 Å². The number of nitrogens with zero attached hydrogens (tertiary/aromatic N) is 2. The molecule has 1 aliphatic rings. The molecule has 8 nitrogen and oxygen atoms in total. The van der Waals surface area contributed by atoms with E-state index in [9.17, 15) is 15.2 Å². The first kappa shape index (κ1) is 21.1. The lowest BCUT2D eigenvalue weighted by atomic mass is 9.89. The Labute approximate surface area is 180 Å². The third-order valence-corrected chi connectivity index (χ3v) is 5.89. The summed E-state index contributed by atoms with van der Waals surface area (Å²) in [4.78, 5) is 16.0. The average Bonchev–Trinajstić information content (AvgIpc) is 3.21. The van der Waals surface area contributed by atoms with Crippen molar-refractivity contribution in [2.75, 3.05) is 33.4 Å². The standard InChI is InChI=1S/C23H27N3O5/c1-30-19-5-6-23-21(12-19)22(13-24-23)16-7-9-25(10-8-16)14-18(27)15-31-20-4-2-3-17(11-20)26(28)29/h2-6,11-13,16,18,24,27H,7-10,14-15H2,1H3. The van der Waals surface area contributed by atoms with E-state index in [1.807, 2.05) is 12.1 Å². The van der Waals surface area contributed by atoms with Crippen LogP contribution in [0.5, 0.6) is 11.5 Å². The molecule has 2 N–H and O–H groups in total. The molecule has 8 heteroatoms. The summed E-state index contributed by atoms with van der Waals surface area (Å²) in [5.74, 6) is 1.72. The van der Waals surface area contributed by atoms with E-state index in [1.165, 1.54) is 23.1 Å². The predicted molar refractivity (Wildman–Crippen MR) is 118 cm³/mol. The highest BCUT2D eigenvalue weighted by atomic mass is 16.6. The number of piperidine rings is 1. The number of fused-ring (bicyclic) bond motifs is 1. The number of non-ortho nitro benzene ring substituents is 1. The van der Waals surface area contributed by atoms with Crippen LogP contribution in [0.25, 0.3) is 10.9 Å². The smallest absolute Gasteiger partial charge is 0.273 e. The van der Waals surface area contributed by atoms with Crippen LogP contribution in [0.15, 0.2) is 48.7 Å². The Kier molecular flexibility index (Phi) is 6.39. The quantitative estimate of drug-likeness (QED) is 0.422. The van der Waals surface area contributed by atoms with Crippen LogP contribution in [0.3, 0.4) is 0 Å². The van der Waals surface area contributed by atoms with Crippen LogP contribution in [0.2, 0.25) is 0 Å². The number of aliphatic hydroxyl groups is 1. The number of methoxy groups -OCH3 is 1. The van der Waals surface area contributed by atoms with E-state index < -0.39 is 11.0 Å². The summed E-state index contributed by atoms with van der Waals surface area (Å²) in [6, 6.07) is 12.1. The highest BCUT2D eigenvalue weighted by Crippen LogP contribution is 2.34. The van der Waals surface area contributed by atoms with E-state index in [0.29, 0.717) is 18.2 Å². The second-order valence-electron chi connectivity index (χ2n) is 7.95. The molecule has 0 spiro atoms. The molecule has 0 saturated carbocycles. The number of hydrogen-bond acceptors (Lipinski definition) is 6. The van der Waals surface area contributed by atoms with Gasteiger partial charge in [-0.15, -0.1) is 0 Å². The minimum absolute atomic E-state index is 0.0241. The summed E-state index contributed by atoms with van der Waals surface area (Å²) in [7, 11) is 1.68. The number of ether oxygens (including phenoxy) is 2. The number of hydrogen-bond donors (Lipinski definition) is 2. The van der Waals surface area contributed by atoms with Gasteiger partial charge in [0.2, 0.25) is 0 Å². The molecule has 4 rings (SSSR count). The van der Waals surface area contributed by atoms with Crippen molar-refractivity contribution in [2.45, 2.75) is 24.9 Å². The van der Waals surface area contributed by atoms with Crippen molar-refractivity contribution in [2.24, 2.45) is 0 Å². The van der Waals surface area contributed by atoms with Gasteiger partial charge in [-0.25, -0.2) is 0 Å². The van der Waals surface area contributed by atoms with Crippen LogP contribution in [-0.4, -0.2) is 59.4 Å². The first-order valence-corrected chi connectivity index (χ1v) is 10.5. The zero-order valence-corrected chi connectivity index (χ0v) is 17.5. The van der Waals surface area contributed by atoms with Gasteiger partial charge in [-0.1, -0.05) is 6.07 Å². The number of aliphatic hydroxyl groups excluding tert-OH is 1. The summed E-state index contributed by atoms with van der Waals surface area (Å²) in [5.41, 5.74) is 2.42. The van der Waals surface area contributed by atoms with Crippen molar-refractivity contribution in [3.8, 4) is 11.5 Å². The van der Waals surface area contributed by atoms with Crippen molar-refractivity contribution in [1.82, 2.24) is 9.88 Å². The number of β-amino-alcohol motifs (C(OH)–C–C–N with tert-alkyl or cyclic N) is 1. The third kappa shape index (κ3) is 4.98. The molecule has 3 aromatic rings. The molecule has 31 heavy (non-hydrogen) atoms. The number of nitrogens with one attached hydrogen (secondary N) is 1. The summed E-state index contributed by atoms with van der Waals surface area (Å²) < 4.78 is 10.9. The molecule has 1 saturated heterocycles. The van der Waals surface area contributed by atoms with Gasteiger partial charge in [0, 0.05) is 29.7 Å². The van der Waals surface area contributed by atoms with Crippen LogP contribution < -0.4 is 9.47 Å². The van der Waals surface area contributed by atoms with E-state index in [2.05, 4.69) is 22.1 Å². The van der Waals surface area contributed by atoms with E-state index in [4.69, 9.17) is 9.47 Å². The SMILES string of the molecule is COc1ccc2[nH]cc(C3CCN(CC(O)COc4cccc([N+](=O)[O-])c4)CC3)c2c1. The van der Waals surface area contributed by atoms with Gasteiger partial charge in [-0.05, 0) is 61.7 Å². The number of aromatic amines is 1. The Hall–Kier alpha value is -3.10. The predicted octanol–water partition coefficient (Wildman–Crippen LogP) is 3.70. The number of aromatic nitrogens is 1. The van der Waals surface area contributed by atoms with E-state index in [0.717, 1.165) is 37.2 Å². The second kappa shape index (κ2) is 9.36. The molecule has 0 bridgehead atoms. The number of nitro benzene ring substituents is 1. The molecular formula is C23H27N3O5. The van der Waals surface area contributed by atoms with Crippen molar-refractivity contribution >= 4 is 16.6 Å². The van der Waals surface area contributed by atoms with Crippen molar-refractivity contribution in [3.05, 3.63) is 64.3 Å². The van der Waals surface area contributed by atoms with Gasteiger partial charge in [-0.3, -0.25) is 10.1 Å². The first-order chi connectivity index (χ1) is 15.0. The Morgan fingerprint density at radius 3 is 2.77 bits per heavy atom. The normalized spacial score (nSPS) is 16.3. The number of nitro groups is 1. The second-order valence-corrected chi connectivity index (χ2v) is 7.95. The lowest BCUT2D eigenvalue weighted by Crippen LogP contribution is -2.40. The molecule has 164 valence electrons. The van der Waals surface area contributed by atoms with Gasteiger partial charge >= 0.3 is 0 Å². The van der Waals surface area contributed by atoms with Crippen LogP contribution in [0.1, 0.15) is 24.3 Å². The Bertz CT molecular complexity index is 1040. The average molecular weight is 425 g/mol. The molecule has 0 amide bonds.